The first-order valence-corrected chi connectivity index (χ1v) is 7.91. The lowest BCUT2D eigenvalue weighted by atomic mass is 10.2. The minimum absolute atomic E-state index is 0.234. The van der Waals surface area contributed by atoms with Crippen LogP contribution >= 0.6 is 23.2 Å². The maximum atomic E-state index is 8.74. The van der Waals surface area contributed by atoms with E-state index < -0.39 is 0 Å². The minimum Gasteiger partial charge on any atom is -0.492 e. The Morgan fingerprint density at radius 1 is 1.20 bits per heavy atom. The maximum Gasteiger partial charge on any atom is 0.142 e. The number of nitrogens with one attached hydrogen (secondary N) is 1. The van der Waals surface area contributed by atoms with Crippen molar-refractivity contribution in [2.75, 3.05) is 13.2 Å². The van der Waals surface area contributed by atoms with Gasteiger partial charge in [0.1, 0.15) is 5.75 Å². The molecule has 0 aliphatic heterocycles. The van der Waals surface area contributed by atoms with Crippen LogP contribution in [0.1, 0.15) is 37.7 Å². The summed E-state index contributed by atoms with van der Waals surface area (Å²) in [4.78, 5) is 0. The van der Waals surface area contributed by atoms with Crippen molar-refractivity contribution in [3.63, 3.8) is 0 Å². The minimum atomic E-state index is 0.234. The Morgan fingerprint density at radius 3 is 2.70 bits per heavy atom. The third-order valence-electron chi connectivity index (χ3n) is 3.29. The summed E-state index contributed by atoms with van der Waals surface area (Å²) in [6.45, 7) is 1.58. The molecule has 0 atom stereocenters. The zero-order valence-electron chi connectivity index (χ0n) is 11.5. The third-order valence-corrected chi connectivity index (χ3v) is 3.79. The van der Waals surface area contributed by atoms with Crippen LogP contribution in [0.3, 0.4) is 0 Å². The summed E-state index contributed by atoms with van der Waals surface area (Å²) in [6, 6.07) is 4.25. The van der Waals surface area contributed by atoms with Crippen molar-refractivity contribution < 1.29 is 9.84 Å². The number of unbranched alkanes of at least 4 members (excludes halogenated alkanes) is 2. The smallest absolute Gasteiger partial charge is 0.142 e. The second kappa shape index (κ2) is 8.08. The van der Waals surface area contributed by atoms with E-state index in [2.05, 4.69) is 5.32 Å². The van der Waals surface area contributed by atoms with Crippen molar-refractivity contribution >= 4 is 23.2 Å². The van der Waals surface area contributed by atoms with Gasteiger partial charge in [-0.05, 0) is 44.2 Å². The highest BCUT2D eigenvalue weighted by Gasteiger charge is 2.21. The molecule has 0 spiro atoms. The van der Waals surface area contributed by atoms with E-state index in [1.807, 2.05) is 6.07 Å². The Morgan fingerprint density at radius 2 is 2.00 bits per heavy atom. The predicted octanol–water partition coefficient (Wildman–Crippen LogP) is 3.79. The molecular weight excluding hydrogens is 297 g/mol. The zero-order valence-corrected chi connectivity index (χ0v) is 13.0. The summed E-state index contributed by atoms with van der Waals surface area (Å²) in [5.41, 5.74) is 1.01. The van der Waals surface area contributed by atoms with Gasteiger partial charge in [0.25, 0.3) is 0 Å². The average molecular weight is 318 g/mol. The molecule has 0 aromatic heterocycles. The fraction of sp³-hybridized carbons (Fsp3) is 0.600. The van der Waals surface area contributed by atoms with Crippen LogP contribution in [0.4, 0.5) is 0 Å². The maximum absolute atomic E-state index is 8.74. The molecule has 0 heterocycles. The lowest BCUT2D eigenvalue weighted by Crippen LogP contribution is -2.16. The van der Waals surface area contributed by atoms with Crippen LogP contribution in [-0.2, 0) is 6.54 Å². The van der Waals surface area contributed by atoms with E-state index >= 15 is 0 Å². The van der Waals surface area contributed by atoms with E-state index in [4.69, 9.17) is 33.0 Å². The SMILES string of the molecule is OCCCCCOc1c(Cl)cc(Cl)cc1CNC1CC1. The highest BCUT2D eigenvalue weighted by atomic mass is 35.5. The van der Waals surface area contributed by atoms with E-state index in [-0.39, 0.29) is 6.61 Å². The molecule has 20 heavy (non-hydrogen) atoms. The van der Waals surface area contributed by atoms with Gasteiger partial charge in [0, 0.05) is 29.8 Å². The van der Waals surface area contributed by atoms with Crippen molar-refractivity contribution in [3.8, 4) is 5.75 Å². The number of aliphatic hydroxyl groups is 1. The number of halogens is 2. The number of aliphatic hydroxyl groups excluding tert-OH is 1. The molecule has 1 aromatic carbocycles. The fourth-order valence-electron chi connectivity index (χ4n) is 2.01. The molecule has 1 aliphatic rings. The molecule has 0 bridgehead atoms. The summed E-state index contributed by atoms with van der Waals surface area (Å²) < 4.78 is 5.81. The van der Waals surface area contributed by atoms with Crippen molar-refractivity contribution in [1.82, 2.24) is 5.32 Å². The van der Waals surface area contributed by atoms with Crippen LogP contribution in [0.5, 0.6) is 5.75 Å². The first-order valence-electron chi connectivity index (χ1n) is 7.15. The zero-order chi connectivity index (χ0) is 14.4. The molecule has 5 heteroatoms. The molecule has 1 fully saturated rings. The Kier molecular flexibility index (Phi) is 6.43. The standard InChI is InChI=1S/C15H21Cl2NO2/c16-12-8-11(10-18-13-4-5-13)15(14(17)9-12)20-7-3-1-2-6-19/h8-9,13,18-19H,1-7,10H2. The van der Waals surface area contributed by atoms with Crippen LogP contribution in [0, 0.1) is 0 Å². The van der Waals surface area contributed by atoms with Gasteiger partial charge in [0.15, 0.2) is 0 Å². The number of ether oxygens (including phenoxy) is 1. The molecule has 1 saturated carbocycles. The predicted molar refractivity (Wildman–Crippen MR) is 82.8 cm³/mol. The molecule has 3 nitrogen and oxygen atoms in total. The average Bonchev–Trinajstić information content (AvgIpc) is 3.22. The van der Waals surface area contributed by atoms with Crippen LogP contribution in [0.2, 0.25) is 10.0 Å². The van der Waals surface area contributed by atoms with E-state index in [1.54, 1.807) is 6.07 Å². The summed E-state index contributed by atoms with van der Waals surface area (Å²) in [5, 5.41) is 13.4. The van der Waals surface area contributed by atoms with Gasteiger partial charge in [-0.2, -0.15) is 0 Å². The van der Waals surface area contributed by atoms with Crippen molar-refractivity contribution in [1.29, 1.82) is 0 Å². The molecule has 0 unspecified atom stereocenters. The van der Waals surface area contributed by atoms with Gasteiger partial charge in [-0.3, -0.25) is 0 Å². The molecule has 112 valence electrons. The van der Waals surface area contributed by atoms with E-state index in [0.29, 0.717) is 22.7 Å². The van der Waals surface area contributed by atoms with E-state index in [1.165, 1.54) is 12.8 Å². The summed E-state index contributed by atoms with van der Waals surface area (Å²) >= 11 is 12.3. The van der Waals surface area contributed by atoms with Crippen molar-refractivity contribution in [2.45, 2.75) is 44.7 Å². The fourth-order valence-corrected chi connectivity index (χ4v) is 2.60. The lowest BCUT2D eigenvalue weighted by Gasteiger charge is -2.14. The van der Waals surface area contributed by atoms with Crippen molar-refractivity contribution in [2.24, 2.45) is 0 Å². The Labute approximate surface area is 130 Å². The lowest BCUT2D eigenvalue weighted by molar-refractivity contribution is 0.265. The molecule has 2 rings (SSSR count). The molecular formula is C15H21Cl2NO2. The van der Waals surface area contributed by atoms with Crippen molar-refractivity contribution in [3.05, 3.63) is 27.7 Å². The van der Waals surface area contributed by atoms with Gasteiger partial charge in [0.2, 0.25) is 0 Å². The quantitative estimate of drug-likeness (QED) is 0.681. The summed E-state index contributed by atoms with van der Waals surface area (Å²) in [7, 11) is 0. The molecule has 0 amide bonds. The normalized spacial score (nSPS) is 14.6. The number of hydrogen-bond donors (Lipinski definition) is 2. The summed E-state index contributed by atoms with van der Waals surface area (Å²) in [6.07, 6.45) is 5.16. The van der Waals surface area contributed by atoms with Gasteiger partial charge in [0.05, 0.1) is 11.6 Å². The Balaban J connectivity index is 1.92. The van der Waals surface area contributed by atoms with E-state index in [9.17, 15) is 0 Å². The van der Waals surface area contributed by atoms with Crippen LogP contribution in [0.25, 0.3) is 0 Å². The Hall–Kier alpha value is -0.480. The van der Waals surface area contributed by atoms with Gasteiger partial charge >= 0.3 is 0 Å². The topological polar surface area (TPSA) is 41.5 Å². The van der Waals surface area contributed by atoms with Crippen LogP contribution in [0.15, 0.2) is 12.1 Å². The van der Waals surface area contributed by atoms with Gasteiger partial charge in [-0.25, -0.2) is 0 Å². The highest BCUT2D eigenvalue weighted by Crippen LogP contribution is 2.33. The molecule has 0 radical (unpaired) electrons. The van der Waals surface area contributed by atoms with Crippen LogP contribution < -0.4 is 10.1 Å². The third kappa shape index (κ3) is 5.13. The van der Waals surface area contributed by atoms with Gasteiger partial charge < -0.3 is 15.2 Å². The number of rotatable bonds is 9. The van der Waals surface area contributed by atoms with Gasteiger partial charge in [-0.1, -0.05) is 23.2 Å². The largest absolute Gasteiger partial charge is 0.492 e. The highest BCUT2D eigenvalue weighted by molar-refractivity contribution is 6.35. The molecule has 0 saturated heterocycles. The number of hydrogen-bond acceptors (Lipinski definition) is 3. The van der Waals surface area contributed by atoms with Gasteiger partial charge in [-0.15, -0.1) is 0 Å². The monoisotopic (exact) mass is 317 g/mol. The molecule has 2 N–H and O–H groups in total. The molecule has 1 aromatic rings. The second-order valence-electron chi connectivity index (χ2n) is 5.16. The first kappa shape index (κ1) is 15.9. The first-order chi connectivity index (χ1) is 9.70. The summed E-state index contributed by atoms with van der Waals surface area (Å²) in [5.74, 6) is 0.730. The number of benzene rings is 1. The Bertz CT molecular complexity index is 436. The second-order valence-corrected chi connectivity index (χ2v) is 6.01. The van der Waals surface area contributed by atoms with E-state index in [0.717, 1.165) is 37.1 Å². The molecule has 1 aliphatic carbocycles. The van der Waals surface area contributed by atoms with Crippen LogP contribution in [-0.4, -0.2) is 24.4 Å².